The predicted octanol–water partition coefficient (Wildman–Crippen LogP) is 3.68. The third-order valence-corrected chi connectivity index (χ3v) is 5.87. The highest BCUT2D eigenvalue weighted by Crippen LogP contribution is 2.24. The van der Waals surface area contributed by atoms with Crippen LogP contribution in [0.5, 0.6) is 11.5 Å². The first-order chi connectivity index (χ1) is 14.5. The summed E-state index contributed by atoms with van der Waals surface area (Å²) in [5.41, 5.74) is 1.47. The number of hydrogen-bond acceptors (Lipinski definition) is 5. The molecule has 0 aliphatic rings. The zero-order valence-corrected chi connectivity index (χ0v) is 19.8. The summed E-state index contributed by atoms with van der Waals surface area (Å²) in [6.45, 7) is 0.433. The Morgan fingerprint density at radius 1 is 1.13 bits per heavy atom. The molecule has 2 N–H and O–H groups in total. The van der Waals surface area contributed by atoms with Gasteiger partial charge >= 0.3 is 0 Å². The quantitative estimate of drug-likeness (QED) is 0.498. The van der Waals surface area contributed by atoms with Crippen LogP contribution in [0.1, 0.15) is 22.3 Å². The van der Waals surface area contributed by atoms with Gasteiger partial charge in [-0.25, -0.2) is 0 Å². The maximum atomic E-state index is 12.7. The van der Waals surface area contributed by atoms with Gasteiger partial charge in [0.15, 0.2) is 0 Å². The fourth-order valence-corrected chi connectivity index (χ4v) is 3.82. The molecule has 2 amide bonds. The van der Waals surface area contributed by atoms with Gasteiger partial charge in [0.05, 0.1) is 19.8 Å². The molecule has 6 nitrogen and oxygen atoms in total. The summed E-state index contributed by atoms with van der Waals surface area (Å²) >= 11 is 5.02. The van der Waals surface area contributed by atoms with Crippen LogP contribution in [0.3, 0.4) is 0 Å². The van der Waals surface area contributed by atoms with Crippen LogP contribution in [-0.4, -0.2) is 50.6 Å². The minimum atomic E-state index is -0.602. The van der Waals surface area contributed by atoms with Gasteiger partial charge in [-0.1, -0.05) is 18.2 Å². The summed E-state index contributed by atoms with van der Waals surface area (Å²) in [5, 5.41) is 5.79. The molecule has 0 aliphatic heterocycles. The van der Waals surface area contributed by atoms with Gasteiger partial charge in [0, 0.05) is 17.1 Å². The van der Waals surface area contributed by atoms with Crippen LogP contribution in [0.15, 0.2) is 46.9 Å². The minimum Gasteiger partial charge on any atom is -0.497 e. The third kappa shape index (κ3) is 6.95. The van der Waals surface area contributed by atoms with Gasteiger partial charge in [-0.05, 0) is 64.5 Å². The second-order valence-corrected chi connectivity index (χ2v) is 8.35. The highest BCUT2D eigenvalue weighted by Gasteiger charge is 2.22. The first-order valence-electron chi connectivity index (χ1n) is 9.53. The van der Waals surface area contributed by atoms with Gasteiger partial charge in [0.25, 0.3) is 5.91 Å². The van der Waals surface area contributed by atoms with E-state index < -0.39 is 6.04 Å². The number of rotatable bonds is 11. The molecule has 8 heteroatoms. The summed E-state index contributed by atoms with van der Waals surface area (Å²) in [5.74, 6) is 1.72. The van der Waals surface area contributed by atoms with Crippen LogP contribution in [0.2, 0.25) is 0 Å². The Kier molecular flexibility index (Phi) is 10.0. The van der Waals surface area contributed by atoms with E-state index in [1.54, 1.807) is 44.2 Å². The lowest BCUT2D eigenvalue weighted by Gasteiger charge is -2.19. The monoisotopic (exact) mass is 494 g/mol. The van der Waals surface area contributed by atoms with E-state index in [-0.39, 0.29) is 11.8 Å². The lowest BCUT2D eigenvalue weighted by atomic mass is 10.1. The maximum Gasteiger partial charge on any atom is 0.253 e. The molecule has 0 heterocycles. The first-order valence-corrected chi connectivity index (χ1v) is 11.7. The van der Waals surface area contributed by atoms with Crippen molar-refractivity contribution in [2.75, 3.05) is 32.8 Å². The zero-order chi connectivity index (χ0) is 21.9. The van der Waals surface area contributed by atoms with Crippen molar-refractivity contribution in [3.05, 3.63) is 58.1 Å². The molecular weight excluding hydrogens is 468 g/mol. The van der Waals surface area contributed by atoms with E-state index in [4.69, 9.17) is 9.47 Å². The molecule has 2 rings (SSSR count). The summed E-state index contributed by atoms with van der Waals surface area (Å²) in [6, 6.07) is 12.1. The Morgan fingerprint density at radius 2 is 1.90 bits per heavy atom. The van der Waals surface area contributed by atoms with E-state index in [9.17, 15) is 9.59 Å². The van der Waals surface area contributed by atoms with E-state index in [1.165, 1.54) is 0 Å². The van der Waals surface area contributed by atoms with Crippen LogP contribution < -0.4 is 20.1 Å². The topological polar surface area (TPSA) is 76.7 Å². The van der Waals surface area contributed by atoms with Crippen molar-refractivity contribution in [2.45, 2.75) is 18.9 Å². The van der Waals surface area contributed by atoms with Crippen LogP contribution in [0.4, 0.5) is 0 Å². The van der Waals surface area contributed by atoms with Crippen molar-refractivity contribution in [2.24, 2.45) is 0 Å². The van der Waals surface area contributed by atoms with Crippen molar-refractivity contribution >= 4 is 39.5 Å². The molecule has 0 aromatic heterocycles. The molecule has 0 radical (unpaired) electrons. The summed E-state index contributed by atoms with van der Waals surface area (Å²) in [4.78, 5) is 25.4. The second kappa shape index (κ2) is 12.5. The van der Waals surface area contributed by atoms with Gasteiger partial charge in [-0.15, -0.1) is 0 Å². The summed E-state index contributed by atoms with van der Waals surface area (Å²) in [6.07, 6.45) is 3.13. The number of halogens is 1. The standard InChI is InChI=1S/C22H27BrN2O4S/c1-28-16-9-8-15(20(14-16)29-2)10-12-24-22(27)19(11-13-30-3)25-21(26)17-6-4-5-7-18(17)23/h4-9,14,19H,10-13H2,1-3H3,(H,24,27)(H,25,26). The van der Waals surface area contributed by atoms with Crippen LogP contribution >= 0.6 is 27.7 Å². The van der Waals surface area contributed by atoms with Gasteiger partial charge < -0.3 is 20.1 Å². The molecule has 0 fully saturated rings. The number of benzene rings is 2. The van der Waals surface area contributed by atoms with Crippen molar-refractivity contribution in [1.82, 2.24) is 10.6 Å². The third-order valence-electron chi connectivity index (χ3n) is 4.54. The van der Waals surface area contributed by atoms with Crippen molar-refractivity contribution in [3.63, 3.8) is 0 Å². The summed E-state index contributed by atoms with van der Waals surface area (Å²) in [7, 11) is 3.21. The van der Waals surface area contributed by atoms with Gasteiger partial charge in [0.2, 0.25) is 5.91 Å². The van der Waals surface area contributed by atoms with Crippen molar-refractivity contribution in [3.8, 4) is 11.5 Å². The maximum absolute atomic E-state index is 12.7. The largest absolute Gasteiger partial charge is 0.497 e. The molecule has 1 unspecified atom stereocenters. The van der Waals surface area contributed by atoms with Crippen molar-refractivity contribution in [1.29, 1.82) is 0 Å². The Morgan fingerprint density at radius 3 is 2.57 bits per heavy atom. The number of amides is 2. The Balaban J connectivity index is 1.98. The Bertz CT molecular complexity index is 863. The molecule has 0 spiro atoms. The molecule has 162 valence electrons. The molecule has 0 bridgehead atoms. The number of nitrogens with one attached hydrogen (secondary N) is 2. The first kappa shape index (κ1) is 24.1. The highest BCUT2D eigenvalue weighted by molar-refractivity contribution is 9.10. The van der Waals surface area contributed by atoms with Gasteiger partial charge in [-0.3, -0.25) is 9.59 Å². The molecular formula is C22H27BrN2O4S. The van der Waals surface area contributed by atoms with Gasteiger partial charge in [-0.2, -0.15) is 11.8 Å². The molecule has 1 atom stereocenters. The average Bonchev–Trinajstić information content (AvgIpc) is 2.76. The second-order valence-electron chi connectivity index (χ2n) is 6.51. The molecule has 30 heavy (non-hydrogen) atoms. The number of hydrogen-bond donors (Lipinski definition) is 2. The Labute approximate surface area is 190 Å². The van der Waals surface area contributed by atoms with Gasteiger partial charge in [0.1, 0.15) is 17.5 Å². The molecule has 2 aromatic carbocycles. The summed E-state index contributed by atoms with van der Waals surface area (Å²) < 4.78 is 11.3. The van der Waals surface area contributed by atoms with E-state index in [2.05, 4.69) is 26.6 Å². The van der Waals surface area contributed by atoms with Crippen LogP contribution in [0.25, 0.3) is 0 Å². The van der Waals surface area contributed by atoms with E-state index in [0.717, 1.165) is 11.3 Å². The number of carbonyl (C=O) groups excluding carboxylic acids is 2. The average molecular weight is 495 g/mol. The molecule has 0 saturated carbocycles. The minimum absolute atomic E-state index is 0.197. The Hall–Kier alpha value is -2.19. The van der Waals surface area contributed by atoms with E-state index in [1.807, 2.05) is 30.5 Å². The number of ether oxygens (including phenoxy) is 2. The van der Waals surface area contributed by atoms with E-state index >= 15 is 0 Å². The molecule has 2 aromatic rings. The van der Waals surface area contributed by atoms with Crippen molar-refractivity contribution < 1.29 is 19.1 Å². The smallest absolute Gasteiger partial charge is 0.253 e. The number of thioether (sulfide) groups is 1. The van der Waals surface area contributed by atoms with Crippen LogP contribution in [0, 0.1) is 0 Å². The van der Waals surface area contributed by atoms with E-state index in [0.29, 0.717) is 40.9 Å². The molecule has 0 aliphatic carbocycles. The fraction of sp³-hybridized carbons (Fsp3) is 0.364. The fourth-order valence-electron chi connectivity index (χ4n) is 2.89. The SMILES string of the molecule is COc1ccc(CCNC(=O)C(CCSC)NC(=O)c2ccccc2Br)c(OC)c1. The van der Waals surface area contributed by atoms with Crippen LogP contribution in [-0.2, 0) is 11.2 Å². The predicted molar refractivity (Wildman–Crippen MR) is 125 cm³/mol. The molecule has 0 saturated heterocycles. The lowest BCUT2D eigenvalue weighted by Crippen LogP contribution is -2.47. The highest BCUT2D eigenvalue weighted by atomic mass is 79.9. The normalized spacial score (nSPS) is 11.5. The number of methoxy groups -OCH3 is 2. The zero-order valence-electron chi connectivity index (χ0n) is 17.4. The number of carbonyl (C=O) groups is 2. The lowest BCUT2D eigenvalue weighted by molar-refractivity contribution is -0.122.